The van der Waals surface area contributed by atoms with E-state index >= 15 is 0 Å². The summed E-state index contributed by atoms with van der Waals surface area (Å²) in [4.78, 5) is 2.49. The Balaban J connectivity index is 1.72. The third-order valence-corrected chi connectivity index (χ3v) is 3.86. The van der Waals surface area contributed by atoms with E-state index in [2.05, 4.69) is 34.9 Å². The van der Waals surface area contributed by atoms with Gasteiger partial charge in [-0.25, -0.2) is 0 Å². The maximum Gasteiger partial charge on any atom is 0.0707 e. The highest BCUT2D eigenvalue weighted by Crippen LogP contribution is 2.27. The first kappa shape index (κ1) is 12.7. The molecule has 3 heteroatoms. The molecule has 0 aromatic heterocycles. The van der Waals surface area contributed by atoms with Crippen molar-refractivity contribution >= 4 is 0 Å². The Morgan fingerprint density at radius 2 is 1.95 bits per heavy atom. The Morgan fingerprint density at radius 1 is 1.21 bits per heavy atom. The molecule has 0 aliphatic carbocycles. The lowest BCUT2D eigenvalue weighted by atomic mass is 10.1. The summed E-state index contributed by atoms with van der Waals surface area (Å²) < 4.78 is 5.87. The molecule has 1 aromatic rings. The third kappa shape index (κ3) is 2.98. The van der Waals surface area contributed by atoms with Gasteiger partial charge in [-0.1, -0.05) is 30.0 Å². The van der Waals surface area contributed by atoms with Crippen LogP contribution in [0, 0.1) is 11.8 Å². The first-order chi connectivity index (χ1) is 9.35. The van der Waals surface area contributed by atoms with E-state index in [9.17, 15) is 0 Å². The molecule has 3 rings (SSSR count). The molecular weight excluding hydrogens is 236 g/mol. The molecule has 3 nitrogen and oxygen atoms in total. The molecule has 0 radical (unpaired) electrons. The number of nitrogens with two attached hydrogens (primary N) is 1. The van der Waals surface area contributed by atoms with Gasteiger partial charge in [0.15, 0.2) is 0 Å². The molecule has 2 atom stereocenters. The normalized spacial score (nSPS) is 25.9. The number of rotatable bonds is 2. The second kappa shape index (κ2) is 5.75. The minimum absolute atomic E-state index is 0.413. The van der Waals surface area contributed by atoms with E-state index in [1.54, 1.807) is 0 Å². The van der Waals surface area contributed by atoms with Gasteiger partial charge >= 0.3 is 0 Å². The number of fused-ring (bicyclic) bond motifs is 2. The molecule has 2 fully saturated rings. The van der Waals surface area contributed by atoms with Gasteiger partial charge in [-0.05, 0) is 24.5 Å². The lowest BCUT2D eigenvalue weighted by Gasteiger charge is -2.32. The molecule has 2 aliphatic rings. The summed E-state index contributed by atoms with van der Waals surface area (Å²) >= 11 is 0. The maximum atomic E-state index is 5.87. The zero-order valence-electron chi connectivity index (χ0n) is 11.1. The van der Waals surface area contributed by atoms with E-state index in [1.165, 1.54) is 18.4 Å². The van der Waals surface area contributed by atoms with Gasteiger partial charge in [0, 0.05) is 25.2 Å². The van der Waals surface area contributed by atoms with Crippen molar-refractivity contribution in [3.8, 4) is 11.8 Å². The molecule has 2 N–H and O–H groups in total. The molecule has 0 saturated carbocycles. The van der Waals surface area contributed by atoms with Gasteiger partial charge in [0.05, 0.1) is 18.8 Å². The van der Waals surface area contributed by atoms with Crippen LogP contribution in [0.15, 0.2) is 24.3 Å². The Hall–Kier alpha value is -1.34. The van der Waals surface area contributed by atoms with Gasteiger partial charge in [-0.15, -0.1) is 0 Å². The number of benzene rings is 1. The zero-order chi connectivity index (χ0) is 13.1. The predicted octanol–water partition coefficient (Wildman–Crippen LogP) is 1.36. The number of morpholine rings is 1. The summed E-state index contributed by atoms with van der Waals surface area (Å²) in [5.74, 6) is 6.11. The highest BCUT2D eigenvalue weighted by atomic mass is 16.5. The van der Waals surface area contributed by atoms with Crippen molar-refractivity contribution in [2.24, 2.45) is 5.73 Å². The fraction of sp³-hybridized carbons (Fsp3) is 0.500. The molecule has 0 amide bonds. The molecular formula is C16H20N2O. The lowest BCUT2D eigenvalue weighted by Crippen LogP contribution is -2.42. The molecule has 100 valence electrons. The van der Waals surface area contributed by atoms with Crippen LogP contribution in [0.3, 0.4) is 0 Å². The van der Waals surface area contributed by atoms with Crippen LogP contribution in [0.1, 0.15) is 24.0 Å². The van der Waals surface area contributed by atoms with Crippen molar-refractivity contribution < 1.29 is 4.74 Å². The van der Waals surface area contributed by atoms with E-state index in [0.29, 0.717) is 18.8 Å². The summed E-state index contributed by atoms with van der Waals surface area (Å²) in [7, 11) is 0. The van der Waals surface area contributed by atoms with Gasteiger partial charge in [-0.2, -0.15) is 0 Å². The van der Waals surface area contributed by atoms with Gasteiger partial charge in [0.2, 0.25) is 0 Å². The molecule has 2 unspecified atom stereocenters. The second-order valence-corrected chi connectivity index (χ2v) is 5.31. The molecule has 2 aliphatic heterocycles. The standard InChI is InChI=1S/C16H20N2O/c17-9-3-6-13-4-1-2-5-14(13)10-18-11-15-7-8-16(12-18)19-15/h1-2,4-5,15-16H,7-12,17H2. The summed E-state index contributed by atoms with van der Waals surface area (Å²) in [6, 6.07) is 8.36. The van der Waals surface area contributed by atoms with E-state index in [4.69, 9.17) is 10.5 Å². The minimum Gasteiger partial charge on any atom is -0.372 e. The smallest absolute Gasteiger partial charge is 0.0707 e. The van der Waals surface area contributed by atoms with Gasteiger partial charge < -0.3 is 10.5 Å². The van der Waals surface area contributed by atoms with Gasteiger partial charge in [-0.3, -0.25) is 4.90 Å². The highest BCUT2D eigenvalue weighted by molar-refractivity contribution is 5.41. The Bertz CT molecular complexity index is 491. The van der Waals surface area contributed by atoms with Crippen molar-refractivity contribution in [2.45, 2.75) is 31.6 Å². The number of ether oxygens (including phenoxy) is 1. The van der Waals surface area contributed by atoms with Crippen LogP contribution in [0.4, 0.5) is 0 Å². The molecule has 2 bridgehead atoms. The Kier molecular flexibility index (Phi) is 3.84. The zero-order valence-corrected chi connectivity index (χ0v) is 11.1. The van der Waals surface area contributed by atoms with Gasteiger partial charge in [0.25, 0.3) is 0 Å². The number of likely N-dealkylation sites (tertiary alicyclic amines) is 1. The molecule has 1 aromatic carbocycles. The van der Waals surface area contributed by atoms with Crippen LogP contribution in [0.25, 0.3) is 0 Å². The molecule has 2 saturated heterocycles. The van der Waals surface area contributed by atoms with Crippen LogP contribution < -0.4 is 5.73 Å². The van der Waals surface area contributed by atoms with Crippen molar-refractivity contribution in [1.29, 1.82) is 0 Å². The monoisotopic (exact) mass is 256 g/mol. The molecule has 19 heavy (non-hydrogen) atoms. The number of nitrogens with zero attached hydrogens (tertiary/aromatic N) is 1. The summed E-state index contributed by atoms with van der Waals surface area (Å²) in [5, 5.41) is 0. The summed E-state index contributed by atoms with van der Waals surface area (Å²) in [5.41, 5.74) is 7.85. The molecule has 0 spiro atoms. The van der Waals surface area contributed by atoms with Crippen LogP contribution in [-0.4, -0.2) is 36.7 Å². The topological polar surface area (TPSA) is 38.5 Å². The number of hydrogen-bond acceptors (Lipinski definition) is 3. The van der Waals surface area contributed by atoms with Crippen molar-refractivity contribution in [3.63, 3.8) is 0 Å². The summed E-state index contributed by atoms with van der Waals surface area (Å²) in [6.45, 7) is 3.48. The van der Waals surface area contributed by atoms with E-state index in [-0.39, 0.29) is 0 Å². The average Bonchev–Trinajstić information content (AvgIpc) is 2.77. The quantitative estimate of drug-likeness (QED) is 0.812. The minimum atomic E-state index is 0.413. The lowest BCUT2D eigenvalue weighted by molar-refractivity contribution is -0.0410. The fourth-order valence-electron chi connectivity index (χ4n) is 3.00. The van der Waals surface area contributed by atoms with Crippen LogP contribution in [0.2, 0.25) is 0 Å². The van der Waals surface area contributed by atoms with E-state index in [0.717, 1.165) is 25.2 Å². The highest BCUT2D eigenvalue weighted by Gasteiger charge is 2.33. The third-order valence-electron chi connectivity index (χ3n) is 3.86. The second-order valence-electron chi connectivity index (χ2n) is 5.31. The van der Waals surface area contributed by atoms with Crippen molar-refractivity contribution in [2.75, 3.05) is 19.6 Å². The van der Waals surface area contributed by atoms with E-state index in [1.807, 2.05) is 6.07 Å². The predicted molar refractivity (Wildman–Crippen MR) is 75.5 cm³/mol. The maximum absolute atomic E-state index is 5.87. The fourth-order valence-corrected chi connectivity index (χ4v) is 3.00. The van der Waals surface area contributed by atoms with Crippen LogP contribution in [0.5, 0.6) is 0 Å². The van der Waals surface area contributed by atoms with Crippen molar-refractivity contribution in [1.82, 2.24) is 4.90 Å². The van der Waals surface area contributed by atoms with Crippen molar-refractivity contribution in [3.05, 3.63) is 35.4 Å². The SMILES string of the molecule is NCC#Cc1ccccc1CN1CC2CCC(C1)O2. The van der Waals surface area contributed by atoms with Crippen LogP contribution in [-0.2, 0) is 11.3 Å². The number of hydrogen-bond donors (Lipinski definition) is 1. The Labute approximate surface area is 114 Å². The van der Waals surface area contributed by atoms with E-state index < -0.39 is 0 Å². The largest absolute Gasteiger partial charge is 0.372 e. The first-order valence-corrected chi connectivity index (χ1v) is 7.00. The van der Waals surface area contributed by atoms with Gasteiger partial charge in [0.1, 0.15) is 0 Å². The molecule has 2 heterocycles. The Morgan fingerprint density at radius 3 is 2.68 bits per heavy atom. The first-order valence-electron chi connectivity index (χ1n) is 7.00. The average molecular weight is 256 g/mol. The van der Waals surface area contributed by atoms with Crippen LogP contribution >= 0.6 is 0 Å². The summed E-state index contributed by atoms with van der Waals surface area (Å²) in [6.07, 6.45) is 3.33.